The van der Waals surface area contributed by atoms with Crippen LogP contribution in [0.15, 0.2) is 115 Å². The molecule has 5 aromatic carbocycles. The minimum atomic E-state index is -1.88. The quantitative estimate of drug-likeness (QED) is 0.232. The Balaban J connectivity index is 1.65. The summed E-state index contributed by atoms with van der Waals surface area (Å²) < 4.78 is 27.8. The largest absolute Gasteiger partial charge is 0.309 e. The summed E-state index contributed by atoms with van der Waals surface area (Å²) in [6.45, 7) is 4.80. The summed E-state index contributed by atoms with van der Waals surface area (Å²) in [6.07, 6.45) is 0. The van der Waals surface area contributed by atoms with Gasteiger partial charge in [-0.2, -0.15) is 0 Å². The van der Waals surface area contributed by atoms with E-state index in [1.165, 1.54) is 45.8 Å². The van der Waals surface area contributed by atoms with Gasteiger partial charge in [-0.1, -0.05) is 79.8 Å². The van der Waals surface area contributed by atoms with Crippen LogP contribution in [0.1, 0.15) is 0 Å². The molecular formula is C32H25F2NSi. The Morgan fingerprint density at radius 1 is 0.528 bits per heavy atom. The Morgan fingerprint density at radius 3 is 1.81 bits per heavy atom. The van der Waals surface area contributed by atoms with Gasteiger partial charge in [0.2, 0.25) is 0 Å². The molecular weight excluding hydrogens is 464 g/mol. The lowest BCUT2D eigenvalue weighted by molar-refractivity contribution is 0.627. The molecule has 36 heavy (non-hydrogen) atoms. The van der Waals surface area contributed by atoms with Gasteiger partial charge in [0, 0.05) is 16.8 Å². The zero-order chi connectivity index (χ0) is 24.9. The number of para-hydroxylation sites is 1. The summed E-state index contributed by atoms with van der Waals surface area (Å²) in [5.74, 6) is -0.543. The number of rotatable bonds is 4. The molecule has 1 aliphatic heterocycles. The molecule has 0 atom stereocenters. The maximum Gasteiger partial charge on any atom is 0.123 e. The first kappa shape index (κ1) is 22.4. The van der Waals surface area contributed by atoms with E-state index in [0.717, 1.165) is 28.2 Å². The van der Waals surface area contributed by atoms with Crippen molar-refractivity contribution in [3.05, 3.63) is 127 Å². The van der Waals surface area contributed by atoms with Crippen molar-refractivity contribution in [2.75, 3.05) is 4.90 Å². The molecule has 0 spiro atoms. The SMILES string of the molecule is C[Si]1(C)c2ccccc2-c2c(N(c3ccc(F)cc3)c3ccccc3-c3ccc(F)cc3)cccc21. The van der Waals surface area contributed by atoms with Crippen molar-refractivity contribution < 1.29 is 8.78 Å². The monoisotopic (exact) mass is 489 g/mol. The van der Waals surface area contributed by atoms with E-state index in [4.69, 9.17) is 0 Å². The molecule has 1 aliphatic rings. The van der Waals surface area contributed by atoms with E-state index in [0.29, 0.717) is 0 Å². The van der Waals surface area contributed by atoms with E-state index in [1.807, 2.05) is 24.3 Å². The van der Waals surface area contributed by atoms with Crippen LogP contribution in [0.5, 0.6) is 0 Å². The fourth-order valence-corrected chi connectivity index (χ4v) is 8.55. The van der Waals surface area contributed by atoms with E-state index in [1.54, 1.807) is 12.1 Å². The van der Waals surface area contributed by atoms with Gasteiger partial charge in [-0.3, -0.25) is 0 Å². The highest BCUT2D eigenvalue weighted by molar-refractivity contribution is 7.04. The third-order valence-corrected chi connectivity index (χ3v) is 10.8. The molecule has 0 aliphatic carbocycles. The molecule has 0 amide bonds. The van der Waals surface area contributed by atoms with Gasteiger partial charge in [0.1, 0.15) is 19.7 Å². The minimum absolute atomic E-state index is 0.267. The van der Waals surface area contributed by atoms with Crippen LogP contribution in [0.2, 0.25) is 13.1 Å². The third kappa shape index (κ3) is 3.57. The molecule has 0 fully saturated rings. The van der Waals surface area contributed by atoms with Gasteiger partial charge in [0.15, 0.2) is 0 Å². The lowest BCUT2D eigenvalue weighted by atomic mass is 9.99. The van der Waals surface area contributed by atoms with E-state index in [-0.39, 0.29) is 11.6 Å². The first-order valence-electron chi connectivity index (χ1n) is 12.1. The number of fused-ring (bicyclic) bond motifs is 3. The molecule has 0 unspecified atom stereocenters. The molecule has 4 heteroatoms. The van der Waals surface area contributed by atoms with E-state index < -0.39 is 8.07 Å². The molecule has 176 valence electrons. The van der Waals surface area contributed by atoms with E-state index in [9.17, 15) is 8.78 Å². The fourth-order valence-electron chi connectivity index (χ4n) is 5.46. The second-order valence-corrected chi connectivity index (χ2v) is 14.0. The second kappa shape index (κ2) is 8.57. The molecule has 1 nitrogen and oxygen atoms in total. The first-order chi connectivity index (χ1) is 17.4. The number of nitrogens with zero attached hydrogens (tertiary/aromatic N) is 1. The van der Waals surface area contributed by atoms with Crippen LogP contribution in [0.25, 0.3) is 22.3 Å². The summed E-state index contributed by atoms with van der Waals surface area (Å²) in [5, 5.41) is 2.82. The Kier molecular flexibility index (Phi) is 5.35. The molecule has 0 saturated heterocycles. The average Bonchev–Trinajstić information content (AvgIpc) is 3.14. The van der Waals surface area contributed by atoms with Crippen molar-refractivity contribution in [2.24, 2.45) is 0 Å². The summed E-state index contributed by atoms with van der Waals surface area (Å²) in [6, 6.07) is 36.6. The number of benzene rings is 5. The van der Waals surface area contributed by atoms with Gasteiger partial charge in [-0.15, -0.1) is 0 Å². The second-order valence-electron chi connectivity index (χ2n) is 9.71. The van der Waals surface area contributed by atoms with Gasteiger partial charge >= 0.3 is 0 Å². The van der Waals surface area contributed by atoms with Gasteiger partial charge in [0.25, 0.3) is 0 Å². The zero-order valence-electron chi connectivity index (χ0n) is 20.2. The highest BCUT2D eigenvalue weighted by Crippen LogP contribution is 2.45. The molecule has 5 aromatic rings. The lowest BCUT2D eigenvalue weighted by Crippen LogP contribution is -2.49. The van der Waals surface area contributed by atoms with Crippen LogP contribution in [0.4, 0.5) is 25.8 Å². The van der Waals surface area contributed by atoms with Crippen LogP contribution < -0.4 is 15.3 Å². The van der Waals surface area contributed by atoms with Crippen LogP contribution in [-0.2, 0) is 0 Å². The van der Waals surface area contributed by atoms with Gasteiger partial charge in [-0.05, 0) is 70.0 Å². The number of anilines is 3. The van der Waals surface area contributed by atoms with Crippen molar-refractivity contribution in [1.82, 2.24) is 0 Å². The van der Waals surface area contributed by atoms with Crippen molar-refractivity contribution in [1.29, 1.82) is 0 Å². The fraction of sp³-hybridized carbons (Fsp3) is 0.0625. The Bertz CT molecular complexity index is 1570. The Labute approximate surface area is 211 Å². The number of hydrogen-bond donors (Lipinski definition) is 0. The summed E-state index contributed by atoms with van der Waals surface area (Å²) in [7, 11) is -1.88. The van der Waals surface area contributed by atoms with Gasteiger partial charge in [-0.25, -0.2) is 8.78 Å². The normalized spacial score (nSPS) is 13.2. The minimum Gasteiger partial charge on any atom is -0.309 e. The lowest BCUT2D eigenvalue weighted by Gasteiger charge is -2.30. The third-order valence-electron chi connectivity index (χ3n) is 7.21. The Morgan fingerprint density at radius 2 is 1.08 bits per heavy atom. The molecule has 0 N–H and O–H groups in total. The molecule has 0 bridgehead atoms. The van der Waals surface area contributed by atoms with Crippen molar-refractivity contribution in [3.63, 3.8) is 0 Å². The molecule has 0 radical (unpaired) electrons. The predicted molar refractivity (Wildman–Crippen MR) is 149 cm³/mol. The maximum absolute atomic E-state index is 14.0. The Hall–Kier alpha value is -4.02. The average molecular weight is 490 g/mol. The highest BCUT2D eigenvalue weighted by atomic mass is 28.3. The smallest absolute Gasteiger partial charge is 0.123 e. The number of halogens is 2. The molecule has 0 aromatic heterocycles. The zero-order valence-corrected chi connectivity index (χ0v) is 21.2. The highest BCUT2D eigenvalue weighted by Gasteiger charge is 2.39. The van der Waals surface area contributed by atoms with Gasteiger partial charge in [0.05, 0.1) is 11.4 Å². The first-order valence-corrected chi connectivity index (χ1v) is 15.1. The van der Waals surface area contributed by atoms with E-state index >= 15 is 0 Å². The van der Waals surface area contributed by atoms with Crippen LogP contribution in [-0.4, -0.2) is 8.07 Å². The van der Waals surface area contributed by atoms with Crippen molar-refractivity contribution >= 4 is 35.5 Å². The number of hydrogen-bond acceptors (Lipinski definition) is 1. The summed E-state index contributed by atoms with van der Waals surface area (Å²) in [4.78, 5) is 2.21. The molecule has 0 saturated carbocycles. The predicted octanol–water partition coefficient (Wildman–Crippen LogP) is 7.90. The van der Waals surface area contributed by atoms with Crippen LogP contribution in [0.3, 0.4) is 0 Å². The van der Waals surface area contributed by atoms with Gasteiger partial charge < -0.3 is 4.90 Å². The summed E-state index contributed by atoms with van der Waals surface area (Å²) >= 11 is 0. The summed E-state index contributed by atoms with van der Waals surface area (Å²) in [5.41, 5.74) is 7.27. The topological polar surface area (TPSA) is 3.24 Å². The van der Waals surface area contributed by atoms with Crippen molar-refractivity contribution in [3.8, 4) is 22.3 Å². The molecule has 6 rings (SSSR count). The molecule has 1 heterocycles. The van der Waals surface area contributed by atoms with E-state index in [2.05, 4.69) is 72.6 Å². The van der Waals surface area contributed by atoms with Crippen LogP contribution >= 0.6 is 0 Å². The maximum atomic E-state index is 14.0. The van der Waals surface area contributed by atoms with Crippen LogP contribution in [0, 0.1) is 11.6 Å². The standard InChI is InChI=1S/C32H25F2NSi/c1-36(2)30-12-6-4-9-27(30)32-29(11-7-13-31(32)36)35(25-20-18-24(34)19-21-25)28-10-5-3-8-26(28)22-14-16-23(33)17-15-22/h3-21H,1-2H3. The van der Waals surface area contributed by atoms with Crippen molar-refractivity contribution in [2.45, 2.75) is 13.1 Å².